The minimum atomic E-state index is -0.432. The molecule has 2 heterocycles. The summed E-state index contributed by atoms with van der Waals surface area (Å²) in [5.74, 6) is 0. The second kappa shape index (κ2) is 4.40. The quantitative estimate of drug-likeness (QED) is 0.790. The van der Waals surface area contributed by atoms with Gasteiger partial charge in [0, 0.05) is 18.8 Å². The maximum absolute atomic E-state index is 12.1. The van der Waals surface area contributed by atoms with Gasteiger partial charge in [-0.1, -0.05) is 18.2 Å². The van der Waals surface area contributed by atoms with Gasteiger partial charge in [-0.2, -0.15) is 0 Å². The van der Waals surface area contributed by atoms with Crippen molar-refractivity contribution in [3.05, 3.63) is 29.8 Å². The molecule has 4 heteroatoms. The van der Waals surface area contributed by atoms with Crippen LogP contribution < -0.4 is 5.32 Å². The fraction of sp³-hybridized carbons (Fsp3) is 0.562. The second-order valence-corrected chi connectivity index (χ2v) is 6.89. The number of carbonyl (C=O) groups excluding carboxylic acids is 1. The van der Waals surface area contributed by atoms with Gasteiger partial charge in [-0.3, -0.25) is 0 Å². The minimum absolute atomic E-state index is 0.000586. The molecule has 1 spiro atoms. The van der Waals surface area contributed by atoms with Crippen molar-refractivity contribution in [1.82, 2.24) is 4.90 Å². The van der Waals surface area contributed by atoms with Gasteiger partial charge in [0.25, 0.3) is 0 Å². The van der Waals surface area contributed by atoms with Gasteiger partial charge in [-0.25, -0.2) is 4.79 Å². The van der Waals surface area contributed by atoms with Gasteiger partial charge < -0.3 is 15.0 Å². The number of nitrogens with one attached hydrogen (secondary N) is 1. The Labute approximate surface area is 120 Å². The Morgan fingerprint density at radius 2 is 2.10 bits per heavy atom. The number of benzene rings is 1. The van der Waals surface area contributed by atoms with E-state index in [9.17, 15) is 4.79 Å². The highest BCUT2D eigenvalue weighted by Gasteiger charge is 2.44. The minimum Gasteiger partial charge on any atom is -0.444 e. The number of anilines is 1. The maximum atomic E-state index is 12.1. The lowest BCUT2D eigenvalue weighted by molar-refractivity contribution is 0.0287. The summed E-state index contributed by atoms with van der Waals surface area (Å²) in [6.45, 7) is 7.19. The Kier molecular flexibility index (Phi) is 2.92. The van der Waals surface area contributed by atoms with Crippen molar-refractivity contribution in [2.75, 3.05) is 18.4 Å². The van der Waals surface area contributed by atoms with Crippen molar-refractivity contribution < 1.29 is 9.53 Å². The Morgan fingerprint density at radius 1 is 1.35 bits per heavy atom. The van der Waals surface area contributed by atoms with E-state index >= 15 is 0 Å². The lowest BCUT2D eigenvalue weighted by atomic mass is 9.94. The van der Waals surface area contributed by atoms with Crippen LogP contribution in [0.1, 0.15) is 32.8 Å². The predicted octanol–water partition coefficient (Wildman–Crippen LogP) is 3.03. The van der Waals surface area contributed by atoms with Crippen LogP contribution in [-0.4, -0.2) is 35.2 Å². The summed E-state index contributed by atoms with van der Waals surface area (Å²) in [4.78, 5) is 14.0. The van der Waals surface area contributed by atoms with Gasteiger partial charge in [0.05, 0.1) is 5.54 Å². The van der Waals surface area contributed by atoms with Crippen LogP contribution in [0.4, 0.5) is 10.5 Å². The smallest absolute Gasteiger partial charge is 0.410 e. The summed E-state index contributed by atoms with van der Waals surface area (Å²) in [6, 6.07) is 8.39. The number of rotatable bonds is 0. The summed E-state index contributed by atoms with van der Waals surface area (Å²) in [5, 5.41) is 3.61. The van der Waals surface area contributed by atoms with Crippen molar-refractivity contribution in [1.29, 1.82) is 0 Å². The maximum Gasteiger partial charge on any atom is 0.410 e. The van der Waals surface area contributed by atoms with Gasteiger partial charge in [0.2, 0.25) is 0 Å². The summed E-state index contributed by atoms with van der Waals surface area (Å²) in [5.41, 5.74) is 2.12. The first-order chi connectivity index (χ1) is 9.37. The molecular weight excluding hydrogens is 252 g/mol. The summed E-state index contributed by atoms with van der Waals surface area (Å²) < 4.78 is 5.46. The molecule has 3 rings (SSSR count). The number of fused-ring (bicyclic) bond motifs is 1. The molecule has 20 heavy (non-hydrogen) atoms. The zero-order chi connectivity index (χ0) is 14.4. The second-order valence-electron chi connectivity index (χ2n) is 6.89. The zero-order valence-electron chi connectivity index (χ0n) is 12.4. The molecule has 1 fully saturated rings. The molecule has 0 saturated carbocycles. The van der Waals surface area contributed by atoms with Crippen LogP contribution in [0.5, 0.6) is 0 Å². The molecule has 1 aromatic rings. The lowest BCUT2D eigenvalue weighted by Gasteiger charge is -2.27. The third-order valence-corrected chi connectivity index (χ3v) is 3.95. The largest absolute Gasteiger partial charge is 0.444 e. The first-order valence-electron chi connectivity index (χ1n) is 7.21. The lowest BCUT2D eigenvalue weighted by Crippen LogP contribution is -2.42. The average molecular weight is 274 g/mol. The molecule has 0 unspecified atom stereocenters. The van der Waals surface area contributed by atoms with Gasteiger partial charge in [0.15, 0.2) is 0 Å². The number of ether oxygens (including phenoxy) is 1. The molecule has 0 aliphatic carbocycles. The number of carbonyl (C=O) groups is 1. The molecule has 1 aromatic carbocycles. The van der Waals surface area contributed by atoms with Crippen molar-refractivity contribution in [2.24, 2.45) is 0 Å². The SMILES string of the molecule is CC(C)(C)OC(=O)N1CC[C@@]2(Cc3ccccc3N2)C1. The van der Waals surface area contributed by atoms with E-state index < -0.39 is 5.60 Å². The molecule has 1 saturated heterocycles. The Hall–Kier alpha value is -1.71. The normalized spacial score (nSPS) is 24.6. The van der Waals surface area contributed by atoms with E-state index in [-0.39, 0.29) is 11.6 Å². The molecular formula is C16H22N2O2. The molecule has 0 bridgehead atoms. The number of amides is 1. The Balaban J connectivity index is 1.68. The summed E-state index contributed by atoms with van der Waals surface area (Å²) in [6.07, 6.45) is 1.76. The fourth-order valence-electron chi connectivity index (χ4n) is 3.09. The summed E-state index contributed by atoms with van der Waals surface area (Å²) in [7, 11) is 0. The van der Waals surface area contributed by atoms with E-state index in [2.05, 4.69) is 23.5 Å². The van der Waals surface area contributed by atoms with Crippen LogP contribution in [0.3, 0.4) is 0 Å². The highest BCUT2D eigenvalue weighted by atomic mass is 16.6. The Morgan fingerprint density at radius 3 is 2.80 bits per heavy atom. The predicted molar refractivity (Wildman–Crippen MR) is 78.9 cm³/mol. The van der Waals surface area contributed by atoms with Crippen LogP contribution >= 0.6 is 0 Å². The van der Waals surface area contributed by atoms with E-state index in [1.54, 1.807) is 0 Å². The van der Waals surface area contributed by atoms with Crippen molar-refractivity contribution in [3.63, 3.8) is 0 Å². The van der Waals surface area contributed by atoms with E-state index in [1.165, 1.54) is 11.3 Å². The first-order valence-corrected chi connectivity index (χ1v) is 7.21. The average Bonchev–Trinajstić information content (AvgIpc) is 2.90. The van der Waals surface area contributed by atoms with E-state index in [4.69, 9.17) is 4.74 Å². The Bertz CT molecular complexity index is 509. The van der Waals surface area contributed by atoms with Crippen LogP contribution in [0.15, 0.2) is 24.3 Å². The fourth-order valence-corrected chi connectivity index (χ4v) is 3.09. The van der Waals surface area contributed by atoms with Crippen LogP contribution in [0.25, 0.3) is 0 Å². The molecule has 2 aliphatic heterocycles. The number of nitrogens with zero attached hydrogens (tertiary/aromatic N) is 1. The number of likely N-dealkylation sites (tertiary alicyclic amines) is 1. The van der Waals surface area contributed by atoms with Crippen LogP contribution in [0.2, 0.25) is 0 Å². The van der Waals surface area contributed by atoms with Crippen LogP contribution in [0, 0.1) is 0 Å². The van der Waals surface area contributed by atoms with Crippen LogP contribution in [-0.2, 0) is 11.2 Å². The molecule has 4 nitrogen and oxygen atoms in total. The van der Waals surface area contributed by atoms with Gasteiger partial charge >= 0.3 is 6.09 Å². The molecule has 1 atom stereocenters. The van der Waals surface area contributed by atoms with Crippen molar-refractivity contribution in [2.45, 2.75) is 44.8 Å². The number of para-hydroxylation sites is 1. The highest BCUT2D eigenvalue weighted by Crippen LogP contribution is 2.38. The number of hydrogen-bond acceptors (Lipinski definition) is 3. The molecule has 108 valence electrons. The number of hydrogen-bond donors (Lipinski definition) is 1. The zero-order valence-corrected chi connectivity index (χ0v) is 12.4. The molecule has 1 N–H and O–H groups in total. The molecule has 2 aliphatic rings. The molecule has 0 aromatic heterocycles. The first kappa shape index (κ1) is 13.3. The summed E-state index contributed by atoms with van der Waals surface area (Å²) >= 11 is 0. The molecule has 1 amide bonds. The third kappa shape index (κ3) is 2.47. The highest BCUT2D eigenvalue weighted by molar-refractivity contribution is 5.70. The third-order valence-electron chi connectivity index (χ3n) is 3.95. The van der Waals surface area contributed by atoms with Gasteiger partial charge in [0.1, 0.15) is 5.60 Å². The van der Waals surface area contributed by atoms with E-state index in [0.29, 0.717) is 0 Å². The monoisotopic (exact) mass is 274 g/mol. The van der Waals surface area contributed by atoms with Gasteiger partial charge in [-0.05, 0) is 45.2 Å². The topological polar surface area (TPSA) is 41.6 Å². The molecule has 0 radical (unpaired) electrons. The van der Waals surface area contributed by atoms with Crippen molar-refractivity contribution >= 4 is 11.8 Å². The van der Waals surface area contributed by atoms with E-state index in [1.807, 2.05) is 31.7 Å². The van der Waals surface area contributed by atoms with E-state index in [0.717, 1.165) is 25.9 Å². The standard InChI is InChI=1S/C16H22N2O2/c1-15(2,3)20-14(19)18-9-8-16(11-18)10-12-6-4-5-7-13(12)17-16/h4-7,17H,8-11H2,1-3H3/t16-/m1/s1. The van der Waals surface area contributed by atoms with Gasteiger partial charge in [-0.15, -0.1) is 0 Å². The van der Waals surface area contributed by atoms with Crippen molar-refractivity contribution in [3.8, 4) is 0 Å².